The molecular formula is C17H29N3. The minimum absolute atomic E-state index is 0.650. The lowest BCUT2D eigenvalue weighted by Crippen LogP contribution is -2.40. The van der Waals surface area contributed by atoms with Crippen LogP contribution in [0.4, 0.5) is 0 Å². The van der Waals surface area contributed by atoms with E-state index in [-0.39, 0.29) is 0 Å². The third-order valence-corrected chi connectivity index (χ3v) is 5.49. The Bertz CT molecular complexity index is 451. The van der Waals surface area contributed by atoms with Gasteiger partial charge in [-0.3, -0.25) is 4.68 Å². The molecule has 4 unspecified atom stereocenters. The quantitative estimate of drug-likeness (QED) is 0.864. The molecule has 0 saturated heterocycles. The number of aryl methyl sites for hydroxylation is 2. The fraction of sp³-hybridized carbons (Fsp3) is 0.824. The number of rotatable bonds is 6. The summed E-state index contributed by atoms with van der Waals surface area (Å²) in [6.45, 7) is 8.60. The summed E-state index contributed by atoms with van der Waals surface area (Å²) in [5, 5.41) is 8.38. The molecule has 0 amide bonds. The van der Waals surface area contributed by atoms with E-state index in [0.29, 0.717) is 6.04 Å². The van der Waals surface area contributed by atoms with Gasteiger partial charge in [-0.2, -0.15) is 5.10 Å². The molecule has 0 aromatic carbocycles. The van der Waals surface area contributed by atoms with Gasteiger partial charge in [0.1, 0.15) is 0 Å². The van der Waals surface area contributed by atoms with Gasteiger partial charge in [0.2, 0.25) is 0 Å². The lowest BCUT2D eigenvalue weighted by atomic mass is 9.81. The summed E-state index contributed by atoms with van der Waals surface area (Å²) in [5.74, 6) is 2.92. The average Bonchev–Trinajstić information content (AvgIpc) is 3.13. The van der Waals surface area contributed by atoms with E-state index in [2.05, 4.69) is 41.9 Å². The molecule has 0 radical (unpaired) electrons. The predicted molar refractivity (Wildman–Crippen MR) is 82.7 cm³/mol. The summed E-state index contributed by atoms with van der Waals surface area (Å²) in [6.07, 6.45) is 7.08. The number of aromatic nitrogens is 2. The van der Waals surface area contributed by atoms with Gasteiger partial charge in [-0.05, 0) is 63.5 Å². The van der Waals surface area contributed by atoms with Gasteiger partial charge < -0.3 is 5.32 Å². The fourth-order valence-corrected chi connectivity index (χ4v) is 4.69. The molecule has 2 fully saturated rings. The van der Waals surface area contributed by atoms with Crippen LogP contribution in [0, 0.1) is 24.7 Å². The van der Waals surface area contributed by atoms with Crippen molar-refractivity contribution in [2.75, 3.05) is 6.54 Å². The van der Waals surface area contributed by atoms with Crippen molar-refractivity contribution in [2.45, 2.75) is 65.5 Å². The van der Waals surface area contributed by atoms with E-state index in [4.69, 9.17) is 0 Å². The SMILES string of the molecule is CCNC(Cc1cc(C)nn1CC)C1CC2CCC1C2. The highest BCUT2D eigenvalue weighted by Crippen LogP contribution is 2.49. The maximum atomic E-state index is 4.61. The zero-order chi connectivity index (χ0) is 14.1. The molecule has 3 heteroatoms. The van der Waals surface area contributed by atoms with Crippen LogP contribution in [0.3, 0.4) is 0 Å². The second kappa shape index (κ2) is 5.88. The molecule has 0 aliphatic heterocycles. The van der Waals surface area contributed by atoms with Gasteiger partial charge >= 0.3 is 0 Å². The standard InChI is InChI=1S/C17H29N3/c1-4-18-17(16-10-13-6-7-14(16)9-13)11-15-8-12(3)19-20(15)5-2/h8,13-14,16-18H,4-7,9-11H2,1-3H3. The predicted octanol–water partition coefficient (Wildman–Crippen LogP) is 3.17. The van der Waals surface area contributed by atoms with Crippen molar-refractivity contribution in [3.8, 4) is 0 Å². The first-order valence-electron chi connectivity index (χ1n) is 8.48. The number of hydrogen-bond acceptors (Lipinski definition) is 2. The Morgan fingerprint density at radius 2 is 2.20 bits per heavy atom. The van der Waals surface area contributed by atoms with E-state index >= 15 is 0 Å². The maximum absolute atomic E-state index is 4.61. The van der Waals surface area contributed by atoms with Crippen LogP contribution in [0.25, 0.3) is 0 Å². The van der Waals surface area contributed by atoms with Crippen LogP contribution in [-0.2, 0) is 13.0 Å². The monoisotopic (exact) mass is 275 g/mol. The molecule has 1 heterocycles. The maximum Gasteiger partial charge on any atom is 0.0596 e. The van der Waals surface area contributed by atoms with Crippen molar-refractivity contribution in [1.29, 1.82) is 0 Å². The summed E-state index contributed by atoms with van der Waals surface area (Å²) in [5.41, 5.74) is 2.57. The van der Waals surface area contributed by atoms with Crippen LogP contribution in [0.5, 0.6) is 0 Å². The summed E-state index contributed by atoms with van der Waals surface area (Å²) in [7, 11) is 0. The topological polar surface area (TPSA) is 29.9 Å². The molecule has 1 aromatic heterocycles. The Morgan fingerprint density at radius 1 is 1.35 bits per heavy atom. The van der Waals surface area contributed by atoms with E-state index < -0.39 is 0 Å². The van der Waals surface area contributed by atoms with Crippen LogP contribution < -0.4 is 5.32 Å². The molecule has 2 aliphatic rings. The van der Waals surface area contributed by atoms with Gasteiger partial charge in [0.05, 0.1) is 5.69 Å². The Kier molecular flexibility index (Phi) is 4.16. The van der Waals surface area contributed by atoms with Gasteiger partial charge in [-0.15, -0.1) is 0 Å². The van der Waals surface area contributed by atoms with Crippen molar-refractivity contribution in [3.63, 3.8) is 0 Å². The largest absolute Gasteiger partial charge is 0.314 e. The molecule has 20 heavy (non-hydrogen) atoms. The van der Waals surface area contributed by atoms with E-state index in [0.717, 1.165) is 43.0 Å². The highest BCUT2D eigenvalue weighted by molar-refractivity contribution is 5.12. The lowest BCUT2D eigenvalue weighted by Gasteiger charge is -2.31. The fourth-order valence-electron chi connectivity index (χ4n) is 4.69. The second-order valence-electron chi connectivity index (χ2n) is 6.80. The van der Waals surface area contributed by atoms with E-state index in [9.17, 15) is 0 Å². The summed E-state index contributed by atoms with van der Waals surface area (Å²) >= 11 is 0. The lowest BCUT2D eigenvalue weighted by molar-refractivity contribution is 0.246. The van der Waals surface area contributed by atoms with E-state index in [1.54, 1.807) is 0 Å². The van der Waals surface area contributed by atoms with Gasteiger partial charge in [0.15, 0.2) is 0 Å². The van der Waals surface area contributed by atoms with Gasteiger partial charge in [0.25, 0.3) is 0 Å². The summed E-state index contributed by atoms with van der Waals surface area (Å²) in [4.78, 5) is 0. The molecule has 3 nitrogen and oxygen atoms in total. The molecule has 1 N–H and O–H groups in total. The van der Waals surface area contributed by atoms with Crippen LogP contribution in [-0.4, -0.2) is 22.4 Å². The Hall–Kier alpha value is -0.830. The van der Waals surface area contributed by atoms with E-state index in [1.807, 2.05) is 0 Å². The second-order valence-corrected chi connectivity index (χ2v) is 6.80. The third kappa shape index (κ3) is 2.65. The molecule has 0 spiro atoms. The van der Waals surface area contributed by atoms with Crippen molar-refractivity contribution in [1.82, 2.24) is 15.1 Å². The first-order valence-corrected chi connectivity index (χ1v) is 8.48. The van der Waals surface area contributed by atoms with Crippen LogP contribution in [0.1, 0.15) is 50.9 Å². The van der Waals surface area contributed by atoms with E-state index in [1.165, 1.54) is 31.4 Å². The zero-order valence-corrected chi connectivity index (χ0v) is 13.2. The third-order valence-electron chi connectivity index (χ3n) is 5.49. The zero-order valence-electron chi connectivity index (χ0n) is 13.2. The van der Waals surface area contributed by atoms with Gasteiger partial charge in [0, 0.05) is 24.7 Å². The minimum atomic E-state index is 0.650. The summed E-state index contributed by atoms with van der Waals surface area (Å²) in [6, 6.07) is 2.93. The number of nitrogens with zero attached hydrogens (tertiary/aromatic N) is 2. The molecular weight excluding hydrogens is 246 g/mol. The summed E-state index contributed by atoms with van der Waals surface area (Å²) < 4.78 is 2.19. The van der Waals surface area contributed by atoms with Crippen molar-refractivity contribution >= 4 is 0 Å². The van der Waals surface area contributed by atoms with Gasteiger partial charge in [-0.1, -0.05) is 13.3 Å². The van der Waals surface area contributed by atoms with Crippen molar-refractivity contribution in [2.24, 2.45) is 17.8 Å². The normalized spacial score (nSPS) is 30.1. The molecule has 3 rings (SSSR count). The minimum Gasteiger partial charge on any atom is -0.314 e. The highest BCUT2D eigenvalue weighted by atomic mass is 15.3. The molecule has 2 saturated carbocycles. The number of fused-ring (bicyclic) bond motifs is 2. The van der Waals surface area contributed by atoms with Crippen molar-refractivity contribution in [3.05, 3.63) is 17.5 Å². The molecule has 1 aromatic rings. The van der Waals surface area contributed by atoms with Crippen molar-refractivity contribution < 1.29 is 0 Å². The van der Waals surface area contributed by atoms with Crippen LogP contribution in [0.15, 0.2) is 6.07 Å². The number of hydrogen-bond donors (Lipinski definition) is 1. The smallest absolute Gasteiger partial charge is 0.0596 e. The number of nitrogens with one attached hydrogen (secondary N) is 1. The molecule has 4 atom stereocenters. The first-order chi connectivity index (χ1) is 9.71. The Labute approximate surface area is 123 Å². The molecule has 2 aliphatic carbocycles. The molecule has 2 bridgehead atoms. The highest BCUT2D eigenvalue weighted by Gasteiger charge is 2.42. The van der Waals surface area contributed by atoms with Crippen LogP contribution >= 0.6 is 0 Å². The Balaban J connectivity index is 1.73. The Morgan fingerprint density at radius 3 is 2.80 bits per heavy atom. The van der Waals surface area contributed by atoms with Crippen LogP contribution in [0.2, 0.25) is 0 Å². The first kappa shape index (κ1) is 14.1. The molecule has 112 valence electrons. The van der Waals surface area contributed by atoms with Gasteiger partial charge in [-0.25, -0.2) is 0 Å². The number of likely N-dealkylation sites (N-methyl/N-ethyl adjacent to an activating group) is 1. The average molecular weight is 275 g/mol.